The Morgan fingerprint density at radius 2 is 1.76 bits per heavy atom. The Morgan fingerprint density at radius 1 is 1.09 bits per heavy atom. The summed E-state index contributed by atoms with van der Waals surface area (Å²) < 4.78 is 10.7. The Hall–Kier alpha value is -1.53. The first-order valence-electron chi connectivity index (χ1n) is 11.8. The van der Waals surface area contributed by atoms with Crippen molar-refractivity contribution in [1.29, 1.82) is 0 Å². The molecule has 1 aromatic carbocycles. The Labute approximate surface area is 205 Å². The summed E-state index contributed by atoms with van der Waals surface area (Å²) in [5.41, 5.74) is 0.674. The van der Waals surface area contributed by atoms with Crippen molar-refractivity contribution in [3.8, 4) is 0 Å². The third-order valence-electron chi connectivity index (χ3n) is 5.82. The molecule has 0 spiro atoms. The van der Waals surface area contributed by atoms with Gasteiger partial charge in [-0.3, -0.25) is 9.59 Å². The number of rotatable bonds is 13. The van der Waals surface area contributed by atoms with E-state index in [9.17, 15) is 9.59 Å². The van der Waals surface area contributed by atoms with Gasteiger partial charge in [0.15, 0.2) is 0 Å². The van der Waals surface area contributed by atoms with E-state index in [1.54, 1.807) is 11.8 Å². The molecule has 0 amide bonds. The minimum Gasteiger partial charge on any atom is -0.469 e. The summed E-state index contributed by atoms with van der Waals surface area (Å²) in [6.45, 7) is 14.2. The average molecular weight is 481 g/mol. The molecule has 5 nitrogen and oxygen atoms in total. The molecule has 0 bridgehead atoms. The lowest BCUT2D eigenvalue weighted by molar-refractivity contribution is -0.162. The first-order valence-corrected chi connectivity index (χ1v) is 13.0. The monoisotopic (exact) mass is 480 g/mol. The van der Waals surface area contributed by atoms with Gasteiger partial charge in [-0.2, -0.15) is 11.8 Å². The summed E-state index contributed by atoms with van der Waals surface area (Å²) in [5, 5.41) is 9.05. The summed E-state index contributed by atoms with van der Waals surface area (Å²) in [6.07, 6.45) is 3.08. The minimum atomic E-state index is -0.786. The van der Waals surface area contributed by atoms with Crippen molar-refractivity contribution in [1.82, 2.24) is 0 Å². The lowest BCUT2D eigenvalue weighted by Gasteiger charge is -2.33. The van der Waals surface area contributed by atoms with Crippen molar-refractivity contribution in [3.05, 3.63) is 35.4 Å². The summed E-state index contributed by atoms with van der Waals surface area (Å²) in [6, 6.07) is 7.96. The van der Waals surface area contributed by atoms with Crippen LogP contribution in [0.3, 0.4) is 0 Å². The number of ether oxygens (including phenoxy) is 2. The van der Waals surface area contributed by atoms with Crippen LogP contribution in [0.15, 0.2) is 24.3 Å². The molecule has 1 rings (SSSR count). The van der Waals surface area contributed by atoms with Gasteiger partial charge in [-0.1, -0.05) is 51.5 Å². The summed E-state index contributed by atoms with van der Waals surface area (Å²) in [7, 11) is 1.40. The van der Waals surface area contributed by atoms with Crippen LogP contribution in [0.5, 0.6) is 0 Å². The molecular weight excluding hydrogens is 436 g/mol. The van der Waals surface area contributed by atoms with Crippen molar-refractivity contribution in [2.75, 3.05) is 25.2 Å². The molecule has 33 heavy (non-hydrogen) atoms. The molecule has 0 aliphatic rings. The fourth-order valence-electron chi connectivity index (χ4n) is 3.84. The topological polar surface area (TPSA) is 72.8 Å². The molecule has 6 heteroatoms. The Kier molecular flexibility index (Phi) is 11.4. The molecule has 0 fully saturated rings. The predicted molar refractivity (Wildman–Crippen MR) is 137 cm³/mol. The van der Waals surface area contributed by atoms with Gasteiger partial charge in [-0.15, -0.1) is 0 Å². The number of hydrogen-bond acceptors (Lipinski definition) is 6. The zero-order chi connectivity index (χ0) is 25.3. The number of methoxy groups -OCH3 is 1. The van der Waals surface area contributed by atoms with Crippen molar-refractivity contribution < 1.29 is 24.2 Å². The molecule has 0 aliphatic heterocycles. The Morgan fingerprint density at radius 3 is 2.33 bits per heavy atom. The lowest BCUT2D eigenvalue weighted by atomic mass is 9.75. The van der Waals surface area contributed by atoms with Gasteiger partial charge in [0, 0.05) is 5.75 Å². The highest BCUT2D eigenvalue weighted by Crippen LogP contribution is 2.36. The molecule has 0 saturated carbocycles. The molecule has 0 heterocycles. The lowest BCUT2D eigenvalue weighted by Crippen LogP contribution is -2.39. The van der Waals surface area contributed by atoms with Gasteiger partial charge in [-0.25, -0.2) is 0 Å². The van der Waals surface area contributed by atoms with Crippen molar-refractivity contribution in [2.24, 2.45) is 11.3 Å². The highest BCUT2D eigenvalue weighted by molar-refractivity contribution is 7.99. The fraction of sp³-hybridized carbons (Fsp3) is 0.704. The predicted octanol–water partition coefficient (Wildman–Crippen LogP) is 5.56. The van der Waals surface area contributed by atoms with Crippen molar-refractivity contribution in [2.45, 2.75) is 85.2 Å². The Bertz CT molecular complexity index is 768. The SMILES string of the molecule is COC(=O)C(C)Cc1cccc(C(C)(CCCC(C)(C)CSCCO)C(=O)OC(C)(C)C)c1. The molecule has 188 valence electrons. The normalized spacial score (nSPS) is 14.9. The van der Waals surface area contributed by atoms with Gasteiger partial charge in [0.2, 0.25) is 0 Å². The van der Waals surface area contributed by atoms with Gasteiger partial charge in [0.25, 0.3) is 0 Å². The van der Waals surface area contributed by atoms with Crippen LogP contribution in [-0.2, 0) is 30.9 Å². The van der Waals surface area contributed by atoms with Crippen LogP contribution in [0.1, 0.15) is 78.9 Å². The van der Waals surface area contributed by atoms with E-state index in [4.69, 9.17) is 14.6 Å². The smallest absolute Gasteiger partial charge is 0.316 e. The van der Waals surface area contributed by atoms with Crippen LogP contribution in [0.25, 0.3) is 0 Å². The maximum Gasteiger partial charge on any atom is 0.316 e. The van der Waals surface area contributed by atoms with E-state index in [2.05, 4.69) is 13.8 Å². The number of aliphatic hydroxyl groups excluding tert-OH is 1. The van der Waals surface area contributed by atoms with E-state index < -0.39 is 11.0 Å². The molecule has 0 aromatic heterocycles. The van der Waals surface area contributed by atoms with Crippen LogP contribution in [0, 0.1) is 11.3 Å². The van der Waals surface area contributed by atoms with Gasteiger partial charge in [-0.05, 0) is 69.3 Å². The maximum absolute atomic E-state index is 13.4. The number of benzene rings is 1. The van der Waals surface area contributed by atoms with E-state index in [1.165, 1.54) is 7.11 Å². The molecule has 2 atom stereocenters. The quantitative estimate of drug-likeness (QED) is 0.294. The summed E-state index contributed by atoms with van der Waals surface area (Å²) in [5.74, 6) is 1.00. The van der Waals surface area contributed by atoms with Crippen LogP contribution in [0.4, 0.5) is 0 Å². The third kappa shape index (κ3) is 10.1. The van der Waals surface area contributed by atoms with Gasteiger partial charge < -0.3 is 14.6 Å². The zero-order valence-corrected chi connectivity index (χ0v) is 22.6. The maximum atomic E-state index is 13.4. The molecule has 1 aromatic rings. The van der Waals surface area contributed by atoms with Gasteiger partial charge >= 0.3 is 11.9 Å². The summed E-state index contributed by atoms with van der Waals surface area (Å²) >= 11 is 1.76. The number of hydrogen-bond donors (Lipinski definition) is 1. The fourth-order valence-corrected chi connectivity index (χ4v) is 4.81. The van der Waals surface area contributed by atoms with E-state index in [0.29, 0.717) is 12.8 Å². The second-order valence-electron chi connectivity index (χ2n) is 11.0. The van der Waals surface area contributed by atoms with Gasteiger partial charge in [0.1, 0.15) is 5.60 Å². The third-order valence-corrected chi connectivity index (χ3v) is 7.27. The standard InChI is InChI=1S/C27H44O5S/c1-20(23(29)31-8)17-21-11-9-12-22(18-21)27(7,24(30)32-25(2,3)4)14-10-13-26(5,6)19-33-16-15-28/h9,11-12,18,20,28H,10,13-17,19H2,1-8H3. The highest BCUT2D eigenvalue weighted by Gasteiger charge is 2.39. The molecule has 2 unspecified atom stereocenters. The van der Waals surface area contributed by atoms with Crippen molar-refractivity contribution in [3.63, 3.8) is 0 Å². The highest BCUT2D eigenvalue weighted by atomic mass is 32.2. The first-order chi connectivity index (χ1) is 15.2. The summed E-state index contributed by atoms with van der Waals surface area (Å²) in [4.78, 5) is 25.3. The number of thioether (sulfide) groups is 1. The van der Waals surface area contributed by atoms with E-state index in [1.807, 2.05) is 58.9 Å². The number of aliphatic hydroxyl groups is 1. The van der Waals surface area contributed by atoms with E-state index >= 15 is 0 Å². The number of carbonyl (C=O) groups is 2. The van der Waals surface area contributed by atoms with E-state index in [0.717, 1.165) is 35.5 Å². The van der Waals surface area contributed by atoms with Crippen LogP contribution >= 0.6 is 11.8 Å². The van der Waals surface area contributed by atoms with Crippen LogP contribution in [-0.4, -0.2) is 47.9 Å². The Balaban J connectivity index is 3.10. The first kappa shape index (κ1) is 29.5. The van der Waals surface area contributed by atoms with Crippen LogP contribution in [0.2, 0.25) is 0 Å². The molecule has 1 N–H and O–H groups in total. The van der Waals surface area contributed by atoms with Gasteiger partial charge in [0.05, 0.1) is 25.0 Å². The largest absolute Gasteiger partial charge is 0.469 e. The minimum absolute atomic E-state index is 0.118. The van der Waals surface area contributed by atoms with Crippen molar-refractivity contribution >= 4 is 23.7 Å². The van der Waals surface area contributed by atoms with E-state index in [-0.39, 0.29) is 29.9 Å². The molecule has 0 saturated heterocycles. The number of esters is 2. The zero-order valence-electron chi connectivity index (χ0n) is 21.8. The molecular formula is C27H44O5S. The average Bonchev–Trinajstić information content (AvgIpc) is 2.71. The van der Waals surface area contributed by atoms with Crippen LogP contribution < -0.4 is 0 Å². The second-order valence-corrected chi connectivity index (χ2v) is 12.1. The molecule has 0 radical (unpaired) electrons. The molecule has 0 aliphatic carbocycles. The number of carbonyl (C=O) groups excluding carboxylic acids is 2. The second kappa shape index (κ2) is 12.8.